The highest BCUT2D eigenvalue weighted by molar-refractivity contribution is 6.35. The molecule has 0 N–H and O–H groups in total. The number of halogens is 1. The lowest BCUT2D eigenvalue weighted by molar-refractivity contribution is 0.661. The molecule has 56 heavy (non-hydrogen) atoms. The Balaban J connectivity index is 1.17. The Kier molecular flexibility index (Phi) is 7.07. The number of benzene rings is 8. The van der Waals surface area contributed by atoms with Crippen molar-refractivity contribution in [2.75, 3.05) is 4.90 Å². The van der Waals surface area contributed by atoms with Crippen LogP contribution in [0.15, 0.2) is 175 Å². The minimum absolute atomic E-state index is 0.110. The molecule has 5 heteroatoms. The Hall–Kier alpha value is -6.75. The van der Waals surface area contributed by atoms with Crippen LogP contribution in [0.25, 0.3) is 72.0 Å². The van der Waals surface area contributed by atoms with Gasteiger partial charge in [0.1, 0.15) is 5.69 Å². The van der Waals surface area contributed by atoms with E-state index in [0.29, 0.717) is 16.4 Å². The van der Waals surface area contributed by atoms with E-state index < -0.39 is 0 Å². The SMILES string of the molecule is CC1(C)c2ccccc2-c2cc3c4cc(-c5ccc6c(c5)-c5ccccc5-c5cccc(Cl)c5N6c5ccccc5N=O)ccc4n(-c4ccccc4)c3cc21. The van der Waals surface area contributed by atoms with Crippen molar-refractivity contribution in [1.29, 1.82) is 0 Å². The van der Waals surface area contributed by atoms with Crippen LogP contribution in [-0.4, -0.2) is 4.57 Å². The number of para-hydroxylation sites is 3. The molecule has 1 aliphatic carbocycles. The molecule has 0 radical (unpaired) electrons. The number of fused-ring (bicyclic) bond motifs is 11. The maximum atomic E-state index is 12.3. The van der Waals surface area contributed by atoms with E-state index in [1.54, 1.807) is 6.07 Å². The van der Waals surface area contributed by atoms with E-state index in [4.69, 9.17) is 11.6 Å². The van der Waals surface area contributed by atoms with Crippen LogP contribution in [0.2, 0.25) is 5.02 Å². The van der Waals surface area contributed by atoms with Gasteiger partial charge in [-0.15, -0.1) is 4.91 Å². The fourth-order valence-electron chi connectivity index (χ4n) is 9.39. The van der Waals surface area contributed by atoms with E-state index in [0.717, 1.165) is 50.4 Å². The Bertz CT molecular complexity index is 3100. The van der Waals surface area contributed by atoms with Gasteiger partial charge in [0, 0.05) is 33.0 Å². The van der Waals surface area contributed by atoms with Crippen LogP contribution in [0.5, 0.6) is 0 Å². The first-order valence-corrected chi connectivity index (χ1v) is 19.3. The van der Waals surface area contributed by atoms with E-state index in [1.165, 1.54) is 44.1 Å². The summed E-state index contributed by atoms with van der Waals surface area (Å²) in [6.45, 7) is 4.69. The van der Waals surface area contributed by atoms with Crippen LogP contribution in [0.1, 0.15) is 25.0 Å². The maximum absolute atomic E-state index is 12.3. The zero-order valence-corrected chi connectivity index (χ0v) is 31.5. The average Bonchev–Trinajstić information content (AvgIpc) is 3.63. The standard InChI is InChI=1S/C51H34ClN3O/c1-51(2)42-19-9-8-17-36(42)38-29-41-40-28-32(23-25-46(40)54(49(41)30-43(38)51)33-13-4-3-5-14-33)31-24-26-47-39(27-31)35-16-7-6-15-34(35)37-18-12-20-44(52)50(37)55(47)48-22-11-10-21-45(48)53-56/h3-30H,1-2H3. The summed E-state index contributed by atoms with van der Waals surface area (Å²) in [4.78, 5) is 14.4. The lowest BCUT2D eigenvalue weighted by atomic mass is 9.82. The fourth-order valence-corrected chi connectivity index (χ4v) is 9.65. The van der Waals surface area contributed by atoms with Crippen LogP contribution in [0, 0.1) is 4.91 Å². The van der Waals surface area contributed by atoms with Gasteiger partial charge in [0.05, 0.1) is 33.1 Å². The first-order chi connectivity index (χ1) is 27.4. The smallest absolute Gasteiger partial charge is 0.131 e. The van der Waals surface area contributed by atoms with Gasteiger partial charge in [0.15, 0.2) is 0 Å². The minimum Gasteiger partial charge on any atom is -0.309 e. The van der Waals surface area contributed by atoms with E-state index in [9.17, 15) is 4.91 Å². The molecule has 0 bridgehead atoms. The van der Waals surface area contributed by atoms with Crippen molar-refractivity contribution in [3.63, 3.8) is 0 Å². The normalized spacial score (nSPS) is 13.4. The molecule has 0 fully saturated rings. The number of nitroso groups, excluding NO2 is 1. The molecule has 1 aliphatic heterocycles. The third kappa shape index (κ3) is 4.60. The third-order valence-corrected chi connectivity index (χ3v) is 12.3. The molecule has 0 saturated heterocycles. The number of hydrogen-bond donors (Lipinski definition) is 0. The molecule has 4 nitrogen and oxygen atoms in total. The molecule has 8 aromatic carbocycles. The number of anilines is 3. The minimum atomic E-state index is -0.110. The average molecular weight is 740 g/mol. The summed E-state index contributed by atoms with van der Waals surface area (Å²) in [5.41, 5.74) is 17.9. The van der Waals surface area contributed by atoms with E-state index in [-0.39, 0.29) is 5.41 Å². The second kappa shape index (κ2) is 12.1. The molecule has 0 saturated carbocycles. The maximum Gasteiger partial charge on any atom is 0.131 e. The van der Waals surface area contributed by atoms with Crippen molar-refractivity contribution in [2.24, 2.45) is 5.18 Å². The Labute approximate surface area is 329 Å². The van der Waals surface area contributed by atoms with Crippen LogP contribution in [0.3, 0.4) is 0 Å². The van der Waals surface area contributed by atoms with Gasteiger partial charge < -0.3 is 9.47 Å². The van der Waals surface area contributed by atoms with Crippen LogP contribution < -0.4 is 4.90 Å². The van der Waals surface area contributed by atoms with Crippen molar-refractivity contribution in [3.8, 4) is 50.2 Å². The van der Waals surface area contributed by atoms with Gasteiger partial charge in [-0.2, -0.15) is 0 Å². The van der Waals surface area contributed by atoms with Gasteiger partial charge in [-0.1, -0.05) is 129 Å². The lowest BCUT2D eigenvalue weighted by Gasteiger charge is -2.28. The summed E-state index contributed by atoms with van der Waals surface area (Å²) >= 11 is 7.09. The third-order valence-electron chi connectivity index (χ3n) is 12.0. The first-order valence-electron chi connectivity index (χ1n) is 19.0. The van der Waals surface area contributed by atoms with E-state index in [1.807, 2.05) is 30.3 Å². The Morgan fingerprint density at radius 2 is 1.16 bits per heavy atom. The van der Waals surface area contributed by atoms with Crippen molar-refractivity contribution < 1.29 is 0 Å². The summed E-state index contributed by atoms with van der Waals surface area (Å²) in [6.07, 6.45) is 0. The second-order valence-corrected chi connectivity index (χ2v) is 15.7. The second-order valence-electron chi connectivity index (χ2n) is 15.3. The number of rotatable bonds is 4. The highest BCUT2D eigenvalue weighted by Gasteiger charge is 2.36. The molecule has 11 rings (SSSR count). The van der Waals surface area contributed by atoms with Crippen molar-refractivity contribution >= 4 is 56.2 Å². The highest BCUT2D eigenvalue weighted by atomic mass is 35.5. The fraction of sp³-hybridized carbons (Fsp3) is 0.0588. The molecule has 0 unspecified atom stereocenters. The van der Waals surface area contributed by atoms with Gasteiger partial charge in [0.25, 0.3) is 0 Å². The monoisotopic (exact) mass is 739 g/mol. The number of hydrogen-bond acceptors (Lipinski definition) is 3. The van der Waals surface area contributed by atoms with Gasteiger partial charge in [-0.3, -0.25) is 0 Å². The van der Waals surface area contributed by atoms with Gasteiger partial charge in [-0.05, 0) is 116 Å². The topological polar surface area (TPSA) is 37.6 Å². The van der Waals surface area contributed by atoms with E-state index in [2.05, 4.69) is 162 Å². The summed E-state index contributed by atoms with van der Waals surface area (Å²) in [5.74, 6) is 0. The molecule has 266 valence electrons. The molecule has 0 amide bonds. The van der Waals surface area contributed by atoms with Crippen LogP contribution >= 0.6 is 11.6 Å². The predicted octanol–water partition coefficient (Wildman–Crippen LogP) is 14.9. The quantitative estimate of drug-likeness (QED) is 0.169. The zero-order chi connectivity index (χ0) is 37.7. The Morgan fingerprint density at radius 3 is 1.98 bits per heavy atom. The van der Waals surface area contributed by atoms with Crippen molar-refractivity contribution in [3.05, 3.63) is 191 Å². The largest absolute Gasteiger partial charge is 0.309 e. The van der Waals surface area contributed by atoms with Crippen molar-refractivity contribution in [2.45, 2.75) is 19.3 Å². The molecule has 9 aromatic rings. The molecule has 0 spiro atoms. The summed E-state index contributed by atoms with van der Waals surface area (Å²) < 4.78 is 2.42. The van der Waals surface area contributed by atoms with E-state index >= 15 is 0 Å². The molecular weight excluding hydrogens is 706 g/mol. The molecule has 2 heterocycles. The Morgan fingerprint density at radius 1 is 0.500 bits per heavy atom. The first kappa shape index (κ1) is 32.7. The number of nitrogens with zero attached hydrogens (tertiary/aromatic N) is 3. The number of aromatic nitrogens is 1. The molecular formula is C51H34ClN3O. The highest BCUT2D eigenvalue weighted by Crippen LogP contribution is 2.55. The van der Waals surface area contributed by atoms with Gasteiger partial charge >= 0.3 is 0 Å². The van der Waals surface area contributed by atoms with Crippen LogP contribution in [0.4, 0.5) is 22.7 Å². The molecule has 2 aliphatic rings. The molecule has 1 aromatic heterocycles. The predicted molar refractivity (Wildman–Crippen MR) is 233 cm³/mol. The van der Waals surface area contributed by atoms with Gasteiger partial charge in [-0.25, -0.2) is 0 Å². The van der Waals surface area contributed by atoms with Crippen LogP contribution in [-0.2, 0) is 5.41 Å². The molecule has 0 atom stereocenters. The summed E-state index contributed by atoms with van der Waals surface area (Å²) in [6, 6.07) is 59.8. The lowest BCUT2D eigenvalue weighted by Crippen LogP contribution is -2.14. The van der Waals surface area contributed by atoms with Gasteiger partial charge in [0.2, 0.25) is 0 Å². The summed E-state index contributed by atoms with van der Waals surface area (Å²) in [5, 5.41) is 6.47. The van der Waals surface area contributed by atoms with Crippen molar-refractivity contribution in [1.82, 2.24) is 4.57 Å². The zero-order valence-electron chi connectivity index (χ0n) is 30.8. The summed E-state index contributed by atoms with van der Waals surface area (Å²) in [7, 11) is 0.